The number of nitrogens with zero attached hydrogens (tertiary/aromatic N) is 2. The van der Waals surface area contributed by atoms with Crippen LogP contribution in [-0.4, -0.2) is 11.7 Å². The maximum atomic E-state index is 6.66. The molecule has 5 heteroatoms. The van der Waals surface area contributed by atoms with Gasteiger partial charge in [-0.25, -0.2) is 9.98 Å². The number of aliphatic imine (C=N–C) groups is 2. The van der Waals surface area contributed by atoms with Gasteiger partial charge in [0.1, 0.15) is 34.3 Å². The SMILES string of the molecule is c1ccc(C2=NC(c3ccc4ccccc4c3)=NC(c3c(-c4cccc5oc6c7ccccc7ccc6c45)ccc4oc5ccccc5c34)N2)cc1. The predicted molar refractivity (Wildman–Crippen MR) is 213 cm³/mol. The summed E-state index contributed by atoms with van der Waals surface area (Å²) >= 11 is 0. The van der Waals surface area contributed by atoms with Gasteiger partial charge in [-0.1, -0.05) is 133 Å². The van der Waals surface area contributed by atoms with Gasteiger partial charge in [0.15, 0.2) is 5.84 Å². The Hall–Kier alpha value is -6.98. The maximum Gasteiger partial charge on any atom is 0.159 e. The Balaban J connectivity index is 1.21. The van der Waals surface area contributed by atoms with E-state index in [1.807, 2.05) is 30.3 Å². The molecular weight excluding hydrogens is 639 g/mol. The second-order valence-corrected chi connectivity index (χ2v) is 13.3. The molecule has 1 aliphatic heterocycles. The molecule has 3 heterocycles. The first-order valence-corrected chi connectivity index (χ1v) is 17.5. The Morgan fingerprint density at radius 3 is 2.10 bits per heavy atom. The van der Waals surface area contributed by atoms with Crippen molar-refractivity contribution in [3.05, 3.63) is 180 Å². The first-order valence-electron chi connectivity index (χ1n) is 17.5. The molecule has 0 bridgehead atoms. The van der Waals surface area contributed by atoms with Crippen LogP contribution in [0.2, 0.25) is 0 Å². The van der Waals surface area contributed by atoms with Crippen molar-refractivity contribution in [3.63, 3.8) is 0 Å². The molecule has 8 aromatic carbocycles. The minimum Gasteiger partial charge on any atom is -0.456 e. The molecule has 1 unspecified atom stereocenters. The van der Waals surface area contributed by atoms with Crippen molar-refractivity contribution < 1.29 is 8.83 Å². The average Bonchev–Trinajstić information content (AvgIpc) is 3.79. The zero-order valence-corrected chi connectivity index (χ0v) is 27.9. The lowest BCUT2D eigenvalue weighted by molar-refractivity contribution is 0.663. The molecule has 52 heavy (non-hydrogen) atoms. The summed E-state index contributed by atoms with van der Waals surface area (Å²) in [6.07, 6.45) is -0.497. The van der Waals surface area contributed by atoms with Gasteiger partial charge in [-0.05, 0) is 57.6 Å². The van der Waals surface area contributed by atoms with E-state index in [4.69, 9.17) is 18.8 Å². The van der Waals surface area contributed by atoms with Gasteiger partial charge in [-0.15, -0.1) is 0 Å². The minimum atomic E-state index is -0.497. The van der Waals surface area contributed by atoms with Crippen molar-refractivity contribution >= 4 is 77.1 Å². The molecule has 0 fully saturated rings. The normalized spacial score (nSPS) is 14.7. The quantitative estimate of drug-likeness (QED) is 0.203. The van der Waals surface area contributed by atoms with Crippen molar-refractivity contribution in [1.82, 2.24) is 5.32 Å². The molecule has 1 aliphatic rings. The van der Waals surface area contributed by atoms with Gasteiger partial charge < -0.3 is 14.2 Å². The van der Waals surface area contributed by atoms with Crippen LogP contribution in [0.4, 0.5) is 0 Å². The van der Waals surface area contributed by atoms with Crippen molar-refractivity contribution in [2.24, 2.45) is 9.98 Å². The van der Waals surface area contributed by atoms with E-state index < -0.39 is 6.17 Å². The van der Waals surface area contributed by atoms with Crippen molar-refractivity contribution in [2.75, 3.05) is 0 Å². The summed E-state index contributed by atoms with van der Waals surface area (Å²) in [5.74, 6) is 1.43. The van der Waals surface area contributed by atoms with Crippen LogP contribution < -0.4 is 5.32 Å². The molecule has 1 atom stereocenters. The number of benzene rings is 8. The first kappa shape index (κ1) is 28.8. The van der Waals surface area contributed by atoms with E-state index in [9.17, 15) is 0 Å². The lowest BCUT2D eigenvalue weighted by Gasteiger charge is -2.26. The van der Waals surface area contributed by atoms with Crippen LogP contribution in [0.1, 0.15) is 22.9 Å². The molecule has 244 valence electrons. The largest absolute Gasteiger partial charge is 0.456 e. The molecular formula is C47H29N3O2. The van der Waals surface area contributed by atoms with Gasteiger partial charge in [0, 0.05) is 43.6 Å². The number of rotatable bonds is 4. The number of furan rings is 2. The number of para-hydroxylation sites is 1. The predicted octanol–water partition coefficient (Wildman–Crippen LogP) is 12.0. The van der Waals surface area contributed by atoms with Gasteiger partial charge in [0.25, 0.3) is 0 Å². The highest BCUT2D eigenvalue weighted by Gasteiger charge is 2.29. The third-order valence-corrected chi connectivity index (χ3v) is 10.3. The molecule has 1 N–H and O–H groups in total. The molecule has 11 rings (SSSR count). The molecule has 0 aliphatic carbocycles. The van der Waals surface area contributed by atoms with Crippen LogP contribution in [0.25, 0.3) is 76.5 Å². The zero-order chi connectivity index (χ0) is 34.2. The van der Waals surface area contributed by atoms with Crippen molar-refractivity contribution in [1.29, 1.82) is 0 Å². The fraction of sp³-hybridized carbons (Fsp3) is 0.0213. The number of fused-ring (bicyclic) bond motifs is 9. The molecule has 0 saturated carbocycles. The highest BCUT2D eigenvalue weighted by molar-refractivity contribution is 6.21. The average molecular weight is 668 g/mol. The summed E-state index contributed by atoms with van der Waals surface area (Å²) in [7, 11) is 0. The molecule has 0 radical (unpaired) electrons. The van der Waals surface area contributed by atoms with Crippen LogP contribution in [-0.2, 0) is 0 Å². The Bertz CT molecular complexity index is 3110. The summed E-state index contributed by atoms with van der Waals surface area (Å²) in [6.45, 7) is 0. The molecule has 0 spiro atoms. The first-order chi connectivity index (χ1) is 25.8. The standard InChI is InChI=1S/C47H29N3O2/c1-2-13-30(14-3-1)45-48-46(32-22-21-28-11-4-5-15-31(28)27-32)50-47(49-45)43-35(25-26-40-42(43)36-17-8-9-19-38(36)51-40)34-18-10-20-39-41(34)37-24-23-29-12-6-7-16-33(29)44(37)52-39/h1-27,47H,(H,48,49,50). The third-order valence-electron chi connectivity index (χ3n) is 10.3. The molecule has 5 nitrogen and oxygen atoms in total. The van der Waals surface area contributed by atoms with Crippen molar-refractivity contribution in [3.8, 4) is 11.1 Å². The molecule has 0 saturated heterocycles. The Morgan fingerprint density at radius 1 is 0.462 bits per heavy atom. The second-order valence-electron chi connectivity index (χ2n) is 13.3. The fourth-order valence-electron chi connectivity index (χ4n) is 7.94. The van der Waals surface area contributed by atoms with Crippen LogP contribution in [0.15, 0.2) is 183 Å². The summed E-state index contributed by atoms with van der Waals surface area (Å²) in [4.78, 5) is 10.6. The number of hydrogen-bond donors (Lipinski definition) is 1. The van der Waals surface area contributed by atoms with Crippen LogP contribution in [0.3, 0.4) is 0 Å². The Morgan fingerprint density at radius 2 is 1.19 bits per heavy atom. The smallest absolute Gasteiger partial charge is 0.159 e. The van der Waals surface area contributed by atoms with Crippen molar-refractivity contribution in [2.45, 2.75) is 6.17 Å². The van der Waals surface area contributed by atoms with Gasteiger partial charge in [0.05, 0.1) is 0 Å². The Kier molecular flexibility index (Phi) is 6.25. The lowest BCUT2D eigenvalue weighted by atomic mass is 9.90. The van der Waals surface area contributed by atoms with Gasteiger partial charge in [0.2, 0.25) is 0 Å². The number of hydrogen-bond acceptors (Lipinski definition) is 5. The summed E-state index contributed by atoms with van der Waals surface area (Å²) in [5.41, 5.74) is 8.46. The van der Waals surface area contributed by atoms with Gasteiger partial charge in [-0.3, -0.25) is 0 Å². The molecule has 10 aromatic rings. The third kappa shape index (κ3) is 4.42. The fourth-order valence-corrected chi connectivity index (χ4v) is 7.94. The highest BCUT2D eigenvalue weighted by Crippen LogP contribution is 2.45. The van der Waals surface area contributed by atoms with Gasteiger partial charge in [-0.2, -0.15) is 0 Å². The topological polar surface area (TPSA) is 63.0 Å². The minimum absolute atomic E-state index is 0.497. The van der Waals surface area contributed by atoms with E-state index in [0.29, 0.717) is 5.84 Å². The summed E-state index contributed by atoms with van der Waals surface area (Å²) in [5, 5.41) is 12.6. The van der Waals surface area contributed by atoms with E-state index >= 15 is 0 Å². The van der Waals surface area contributed by atoms with Crippen LogP contribution in [0, 0.1) is 0 Å². The summed E-state index contributed by atoms with van der Waals surface area (Å²) < 4.78 is 13.2. The molecule has 0 amide bonds. The number of amidine groups is 2. The van der Waals surface area contributed by atoms with Crippen LogP contribution >= 0.6 is 0 Å². The maximum absolute atomic E-state index is 6.66. The van der Waals surface area contributed by atoms with E-state index in [0.717, 1.165) is 93.7 Å². The Labute approximate surface area is 298 Å². The lowest BCUT2D eigenvalue weighted by Crippen LogP contribution is -2.34. The van der Waals surface area contributed by atoms with Crippen LogP contribution in [0.5, 0.6) is 0 Å². The highest BCUT2D eigenvalue weighted by atomic mass is 16.3. The monoisotopic (exact) mass is 667 g/mol. The zero-order valence-electron chi connectivity index (χ0n) is 27.9. The van der Waals surface area contributed by atoms with Gasteiger partial charge >= 0.3 is 0 Å². The van der Waals surface area contributed by atoms with E-state index in [2.05, 4.69) is 139 Å². The van der Waals surface area contributed by atoms with E-state index in [1.54, 1.807) is 0 Å². The van der Waals surface area contributed by atoms with E-state index in [1.165, 1.54) is 5.39 Å². The summed E-state index contributed by atoms with van der Waals surface area (Å²) in [6, 6.07) is 56.8. The number of nitrogens with one attached hydrogen (secondary N) is 1. The second kappa shape index (κ2) is 11.3. The molecule has 2 aromatic heterocycles. The van der Waals surface area contributed by atoms with E-state index in [-0.39, 0.29) is 0 Å².